The van der Waals surface area contributed by atoms with Crippen molar-refractivity contribution in [1.29, 1.82) is 5.26 Å². The van der Waals surface area contributed by atoms with Crippen molar-refractivity contribution in [3.05, 3.63) is 53.3 Å². The number of carbonyl (C=O) groups is 1. The number of carboxylic acid groups (broad SMARTS) is 1. The minimum absolute atomic E-state index is 0.110. The van der Waals surface area contributed by atoms with Crippen molar-refractivity contribution < 1.29 is 9.90 Å². The highest BCUT2D eigenvalue weighted by molar-refractivity contribution is 5.67. The Hall–Kier alpha value is -2.54. The van der Waals surface area contributed by atoms with Gasteiger partial charge in [0.05, 0.1) is 18.1 Å². The summed E-state index contributed by atoms with van der Waals surface area (Å²) in [5.74, 6) is -0.802. The van der Waals surface area contributed by atoms with Gasteiger partial charge >= 0.3 is 5.97 Å². The molecule has 0 unspecified atom stereocenters. The van der Waals surface area contributed by atoms with Crippen LogP contribution in [-0.4, -0.2) is 15.6 Å². The smallest absolute Gasteiger partial charge is 0.303 e. The number of aromatic nitrogens is 1. The van der Waals surface area contributed by atoms with Crippen molar-refractivity contribution >= 4 is 5.97 Å². The van der Waals surface area contributed by atoms with Gasteiger partial charge in [0, 0.05) is 17.6 Å². The summed E-state index contributed by atoms with van der Waals surface area (Å²) in [7, 11) is 0. The summed E-state index contributed by atoms with van der Waals surface area (Å²) >= 11 is 0. The van der Waals surface area contributed by atoms with Gasteiger partial charge in [-0.05, 0) is 49.2 Å². The van der Waals surface area contributed by atoms with Gasteiger partial charge in [-0.15, -0.1) is 0 Å². The lowest BCUT2D eigenvalue weighted by Crippen LogP contribution is -2.04. The van der Waals surface area contributed by atoms with E-state index in [2.05, 4.69) is 6.07 Å². The van der Waals surface area contributed by atoms with E-state index < -0.39 is 5.97 Å². The zero-order valence-electron chi connectivity index (χ0n) is 10.6. The van der Waals surface area contributed by atoms with Gasteiger partial charge in [0.25, 0.3) is 0 Å². The summed E-state index contributed by atoms with van der Waals surface area (Å²) in [6.07, 6.45) is 2.51. The molecule has 1 heterocycles. The fourth-order valence-electron chi connectivity index (χ4n) is 2.09. The summed E-state index contributed by atoms with van der Waals surface area (Å²) in [6, 6.07) is 11.4. The number of hydrogen-bond donors (Lipinski definition) is 1. The van der Waals surface area contributed by atoms with E-state index in [9.17, 15) is 4.79 Å². The second-order valence-corrected chi connectivity index (χ2v) is 4.38. The highest BCUT2D eigenvalue weighted by Gasteiger charge is 2.08. The van der Waals surface area contributed by atoms with E-state index in [1.165, 1.54) is 0 Å². The van der Waals surface area contributed by atoms with E-state index in [0.29, 0.717) is 12.0 Å². The molecule has 0 radical (unpaired) electrons. The first-order chi connectivity index (χ1) is 9.11. The Balaban J connectivity index is 2.35. The second-order valence-electron chi connectivity index (χ2n) is 4.38. The van der Waals surface area contributed by atoms with Crippen LogP contribution in [0, 0.1) is 18.3 Å². The topological polar surface area (TPSA) is 66.0 Å². The molecule has 1 N–H and O–H groups in total. The second kappa shape index (κ2) is 5.40. The van der Waals surface area contributed by atoms with Crippen LogP contribution in [0.3, 0.4) is 0 Å². The maximum absolute atomic E-state index is 10.6. The Morgan fingerprint density at radius 1 is 1.42 bits per heavy atom. The zero-order chi connectivity index (χ0) is 13.8. The van der Waals surface area contributed by atoms with Crippen molar-refractivity contribution in [1.82, 2.24) is 4.57 Å². The molecule has 0 bridgehead atoms. The lowest BCUT2D eigenvalue weighted by atomic mass is 10.1. The number of aliphatic carboxylic acids is 1. The predicted octanol–water partition coefficient (Wildman–Crippen LogP) is 2.67. The molecular formula is C15H14N2O2. The first-order valence-corrected chi connectivity index (χ1v) is 6.01. The van der Waals surface area contributed by atoms with Crippen LogP contribution in [0.4, 0.5) is 0 Å². The standard InChI is InChI=1S/C15H14N2O2/c1-11-9-12(10-16)4-6-14(11)17-8-2-3-13(17)5-7-15(18)19/h2-4,6,8-9H,5,7H2,1H3,(H,18,19). The van der Waals surface area contributed by atoms with E-state index in [1.807, 2.05) is 42.0 Å². The third-order valence-electron chi connectivity index (χ3n) is 3.01. The van der Waals surface area contributed by atoms with Crippen molar-refractivity contribution in [2.45, 2.75) is 19.8 Å². The molecule has 0 saturated heterocycles. The summed E-state index contributed by atoms with van der Waals surface area (Å²) in [4.78, 5) is 10.6. The molecule has 1 aromatic carbocycles. The summed E-state index contributed by atoms with van der Waals surface area (Å²) in [5, 5.41) is 17.6. The van der Waals surface area contributed by atoms with E-state index in [0.717, 1.165) is 16.9 Å². The first-order valence-electron chi connectivity index (χ1n) is 6.01. The molecule has 19 heavy (non-hydrogen) atoms. The number of nitrogens with zero attached hydrogens (tertiary/aromatic N) is 2. The minimum Gasteiger partial charge on any atom is -0.481 e. The Bertz CT molecular complexity index is 650. The number of rotatable bonds is 4. The van der Waals surface area contributed by atoms with Crippen molar-refractivity contribution in [3.63, 3.8) is 0 Å². The van der Waals surface area contributed by atoms with E-state index in [-0.39, 0.29) is 6.42 Å². The van der Waals surface area contributed by atoms with Crippen LogP contribution in [0.1, 0.15) is 23.2 Å². The van der Waals surface area contributed by atoms with Gasteiger partial charge in [-0.2, -0.15) is 5.26 Å². The van der Waals surface area contributed by atoms with Gasteiger partial charge in [-0.25, -0.2) is 0 Å². The highest BCUT2D eigenvalue weighted by Crippen LogP contribution is 2.19. The van der Waals surface area contributed by atoms with E-state index in [1.54, 1.807) is 6.07 Å². The molecule has 0 amide bonds. The van der Waals surface area contributed by atoms with Gasteiger partial charge in [0.2, 0.25) is 0 Å². The molecule has 0 aliphatic carbocycles. The largest absolute Gasteiger partial charge is 0.481 e. The molecule has 0 aliphatic rings. The van der Waals surface area contributed by atoms with Crippen LogP contribution >= 0.6 is 0 Å². The Morgan fingerprint density at radius 2 is 2.21 bits per heavy atom. The quantitative estimate of drug-likeness (QED) is 0.912. The lowest BCUT2D eigenvalue weighted by molar-refractivity contribution is -0.136. The molecule has 96 valence electrons. The molecular weight excluding hydrogens is 240 g/mol. The zero-order valence-corrected chi connectivity index (χ0v) is 10.6. The molecule has 0 saturated carbocycles. The van der Waals surface area contributed by atoms with Crippen LogP contribution < -0.4 is 0 Å². The lowest BCUT2D eigenvalue weighted by Gasteiger charge is -2.11. The third-order valence-corrected chi connectivity index (χ3v) is 3.01. The van der Waals surface area contributed by atoms with Gasteiger partial charge < -0.3 is 9.67 Å². The Morgan fingerprint density at radius 3 is 2.84 bits per heavy atom. The molecule has 0 atom stereocenters. The third kappa shape index (κ3) is 2.83. The maximum Gasteiger partial charge on any atom is 0.303 e. The molecule has 4 heteroatoms. The number of nitriles is 1. The molecule has 0 spiro atoms. The predicted molar refractivity (Wildman–Crippen MR) is 71.2 cm³/mol. The normalized spacial score (nSPS) is 10.1. The first kappa shape index (κ1) is 12.9. The molecule has 4 nitrogen and oxygen atoms in total. The fraction of sp³-hybridized carbons (Fsp3) is 0.200. The average molecular weight is 254 g/mol. The van der Waals surface area contributed by atoms with Crippen LogP contribution in [-0.2, 0) is 11.2 Å². The van der Waals surface area contributed by atoms with Crippen molar-refractivity contribution in [2.75, 3.05) is 0 Å². The van der Waals surface area contributed by atoms with Gasteiger partial charge in [0.15, 0.2) is 0 Å². The summed E-state index contributed by atoms with van der Waals surface area (Å²) < 4.78 is 1.97. The number of hydrogen-bond acceptors (Lipinski definition) is 2. The average Bonchev–Trinajstić information content (AvgIpc) is 2.84. The number of benzene rings is 1. The van der Waals surface area contributed by atoms with Crippen LogP contribution in [0.25, 0.3) is 5.69 Å². The SMILES string of the molecule is Cc1cc(C#N)ccc1-n1cccc1CCC(=O)O. The van der Waals surface area contributed by atoms with Crippen LogP contribution in [0.15, 0.2) is 36.5 Å². The van der Waals surface area contributed by atoms with E-state index >= 15 is 0 Å². The van der Waals surface area contributed by atoms with Gasteiger partial charge in [0.1, 0.15) is 0 Å². The molecule has 2 aromatic rings. The minimum atomic E-state index is -0.802. The maximum atomic E-state index is 10.6. The Kier molecular flexibility index (Phi) is 3.67. The van der Waals surface area contributed by atoms with Gasteiger partial charge in [-0.1, -0.05) is 0 Å². The fourth-order valence-corrected chi connectivity index (χ4v) is 2.09. The summed E-state index contributed by atoms with van der Waals surface area (Å²) in [5.41, 5.74) is 3.55. The molecule has 2 rings (SSSR count). The van der Waals surface area contributed by atoms with Crippen LogP contribution in [0.2, 0.25) is 0 Å². The molecule has 0 aliphatic heterocycles. The van der Waals surface area contributed by atoms with Crippen LogP contribution in [0.5, 0.6) is 0 Å². The molecule has 0 fully saturated rings. The monoisotopic (exact) mass is 254 g/mol. The van der Waals surface area contributed by atoms with Gasteiger partial charge in [-0.3, -0.25) is 4.79 Å². The summed E-state index contributed by atoms with van der Waals surface area (Å²) in [6.45, 7) is 1.94. The van der Waals surface area contributed by atoms with Crippen molar-refractivity contribution in [3.8, 4) is 11.8 Å². The van der Waals surface area contributed by atoms with E-state index in [4.69, 9.17) is 10.4 Å². The van der Waals surface area contributed by atoms with Crippen molar-refractivity contribution in [2.24, 2.45) is 0 Å². The Labute approximate surface area is 111 Å². The number of carboxylic acids is 1. The molecule has 1 aromatic heterocycles. The highest BCUT2D eigenvalue weighted by atomic mass is 16.4. The number of aryl methyl sites for hydroxylation is 2.